The Bertz CT molecular complexity index is 450. The minimum absolute atomic E-state index is 0.0906. The lowest BCUT2D eigenvalue weighted by Crippen LogP contribution is -2.31. The normalized spacial score (nSPS) is 10.4. The van der Waals surface area contributed by atoms with Crippen molar-refractivity contribution in [2.75, 3.05) is 19.3 Å². The van der Waals surface area contributed by atoms with Crippen LogP contribution in [0.3, 0.4) is 0 Å². The standard InChI is InChI=1S/C10H14N4O4/c1-5-13-18-9-8(7(2)11-6-12-9)14(17-4)10(15)16-3/h5-6H,1-4H3. The molecule has 8 nitrogen and oxygen atoms in total. The van der Waals surface area contributed by atoms with Gasteiger partial charge in [-0.15, -0.1) is 5.06 Å². The topological polar surface area (TPSA) is 86.1 Å². The number of ether oxygens (including phenoxy) is 1. The number of rotatable bonds is 4. The van der Waals surface area contributed by atoms with Crippen LogP contribution in [0.5, 0.6) is 5.88 Å². The lowest BCUT2D eigenvalue weighted by Gasteiger charge is -2.19. The van der Waals surface area contributed by atoms with Crippen LogP contribution in [0.4, 0.5) is 10.5 Å². The quantitative estimate of drug-likeness (QED) is 0.594. The zero-order chi connectivity index (χ0) is 13.5. The molecule has 8 heteroatoms. The number of amides is 1. The summed E-state index contributed by atoms with van der Waals surface area (Å²) < 4.78 is 4.58. The molecule has 0 aliphatic rings. The van der Waals surface area contributed by atoms with Gasteiger partial charge in [0.05, 0.1) is 19.9 Å². The number of carbonyl (C=O) groups is 1. The van der Waals surface area contributed by atoms with Crippen molar-refractivity contribution in [2.45, 2.75) is 13.8 Å². The number of methoxy groups -OCH3 is 1. The molecule has 0 spiro atoms. The highest BCUT2D eigenvalue weighted by Gasteiger charge is 2.24. The van der Waals surface area contributed by atoms with Crippen LogP contribution in [0.15, 0.2) is 11.5 Å². The van der Waals surface area contributed by atoms with Crippen molar-refractivity contribution in [3.63, 3.8) is 0 Å². The van der Waals surface area contributed by atoms with Gasteiger partial charge in [-0.1, -0.05) is 5.16 Å². The highest BCUT2D eigenvalue weighted by atomic mass is 16.7. The Morgan fingerprint density at radius 1 is 1.44 bits per heavy atom. The van der Waals surface area contributed by atoms with Crippen LogP contribution >= 0.6 is 0 Å². The maximum atomic E-state index is 11.6. The van der Waals surface area contributed by atoms with Crippen molar-refractivity contribution in [2.24, 2.45) is 5.16 Å². The number of carbonyl (C=O) groups excluding carboxylic acids is 1. The molecule has 0 atom stereocenters. The van der Waals surface area contributed by atoms with Gasteiger partial charge in [0.1, 0.15) is 6.33 Å². The van der Waals surface area contributed by atoms with Gasteiger partial charge in [0, 0.05) is 6.21 Å². The van der Waals surface area contributed by atoms with Crippen LogP contribution in [0.1, 0.15) is 12.6 Å². The molecule has 1 aromatic rings. The number of anilines is 1. The first kappa shape index (κ1) is 13.8. The Morgan fingerprint density at radius 2 is 2.17 bits per heavy atom. The summed E-state index contributed by atoms with van der Waals surface area (Å²) in [5.74, 6) is 0.0906. The molecule has 1 aromatic heterocycles. The molecule has 0 saturated heterocycles. The summed E-state index contributed by atoms with van der Waals surface area (Å²) in [4.78, 5) is 29.4. The molecule has 98 valence electrons. The van der Waals surface area contributed by atoms with Gasteiger partial charge < -0.3 is 9.57 Å². The fraction of sp³-hybridized carbons (Fsp3) is 0.400. The second-order valence-electron chi connectivity index (χ2n) is 3.01. The van der Waals surface area contributed by atoms with Crippen molar-refractivity contribution in [3.05, 3.63) is 12.0 Å². The SMILES string of the molecule is CC=NOc1ncnc(C)c1N(OC)C(=O)OC. The summed E-state index contributed by atoms with van der Waals surface area (Å²) >= 11 is 0. The Hall–Kier alpha value is -2.22. The molecule has 0 fully saturated rings. The molecule has 0 aliphatic heterocycles. The predicted molar refractivity (Wildman–Crippen MR) is 63.5 cm³/mol. The van der Waals surface area contributed by atoms with E-state index in [2.05, 4.69) is 19.9 Å². The zero-order valence-corrected chi connectivity index (χ0v) is 10.6. The summed E-state index contributed by atoms with van der Waals surface area (Å²) in [6.07, 6.45) is 2.02. The van der Waals surface area contributed by atoms with E-state index in [-0.39, 0.29) is 11.6 Å². The number of hydrogen-bond acceptors (Lipinski definition) is 7. The van der Waals surface area contributed by atoms with Crippen molar-refractivity contribution in [3.8, 4) is 5.88 Å². The first-order valence-electron chi connectivity index (χ1n) is 5.04. The number of aryl methyl sites for hydroxylation is 1. The summed E-state index contributed by atoms with van der Waals surface area (Å²) in [5.41, 5.74) is 0.719. The molecule has 0 aliphatic carbocycles. The monoisotopic (exact) mass is 254 g/mol. The molecule has 0 saturated carbocycles. The summed E-state index contributed by atoms with van der Waals surface area (Å²) in [6, 6.07) is 0. The second kappa shape index (κ2) is 6.50. The van der Waals surface area contributed by atoms with Crippen LogP contribution in [0, 0.1) is 6.92 Å². The van der Waals surface area contributed by atoms with Crippen LogP contribution in [0.25, 0.3) is 0 Å². The van der Waals surface area contributed by atoms with E-state index in [4.69, 9.17) is 9.68 Å². The lowest BCUT2D eigenvalue weighted by atomic mass is 10.3. The largest absolute Gasteiger partial charge is 0.451 e. The average molecular weight is 254 g/mol. The molecule has 0 aromatic carbocycles. The maximum absolute atomic E-state index is 11.6. The molecule has 0 radical (unpaired) electrons. The Morgan fingerprint density at radius 3 is 2.72 bits per heavy atom. The highest BCUT2D eigenvalue weighted by Crippen LogP contribution is 2.29. The van der Waals surface area contributed by atoms with Gasteiger partial charge in [-0.05, 0) is 13.8 Å². The summed E-state index contributed by atoms with van der Waals surface area (Å²) in [7, 11) is 2.55. The third kappa shape index (κ3) is 2.92. The Labute approximate surface area is 104 Å². The fourth-order valence-electron chi connectivity index (χ4n) is 1.19. The Kier molecular flexibility index (Phi) is 5.00. The van der Waals surface area contributed by atoms with Gasteiger partial charge in [0.25, 0.3) is 5.88 Å². The fourth-order valence-corrected chi connectivity index (χ4v) is 1.19. The van der Waals surface area contributed by atoms with E-state index < -0.39 is 6.09 Å². The van der Waals surface area contributed by atoms with E-state index in [1.54, 1.807) is 13.8 Å². The van der Waals surface area contributed by atoms with Gasteiger partial charge in [-0.3, -0.25) is 4.84 Å². The van der Waals surface area contributed by atoms with Gasteiger partial charge in [0.15, 0.2) is 5.69 Å². The highest BCUT2D eigenvalue weighted by molar-refractivity contribution is 5.87. The molecule has 1 heterocycles. The maximum Gasteiger partial charge on any atom is 0.438 e. The minimum Gasteiger partial charge on any atom is -0.451 e. The van der Waals surface area contributed by atoms with Crippen molar-refractivity contribution in [1.82, 2.24) is 9.97 Å². The summed E-state index contributed by atoms with van der Waals surface area (Å²) in [5, 5.41) is 4.48. The van der Waals surface area contributed by atoms with E-state index in [9.17, 15) is 4.79 Å². The van der Waals surface area contributed by atoms with Gasteiger partial charge in [-0.25, -0.2) is 9.78 Å². The van der Waals surface area contributed by atoms with E-state index in [0.29, 0.717) is 5.69 Å². The predicted octanol–water partition coefficient (Wildman–Crippen LogP) is 1.30. The third-order valence-corrected chi connectivity index (χ3v) is 1.94. The summed E-state index contributed by atoms with van der Waals surface area (Å²) in [6.45, 7) is 3.36. The smallest absolute Gasteiger partial charge is 0.438 e. The van der Waals surface area contributed by atoms with E-state index >= 15 is 0 Å². The first-order valence-corrected chi connectivity index (χ1v) is 5.04. The third-order valence-electron chi connectivity index (χ3n) is 1.94. The molecule has 0 bridgehead atoms. The zero-order valence-electron chi connectivity index (χ0n) is 10.6. The van der Waals surface area contributed by atoms with E-state index in [1.807, 2.05) is 0 Å². The number of hydrogen-bond donors (Lipinski definition) is 0. The van der Waals surface area contributed by atoms with E-state index in [1.165, 1.54) is 26.8 Å². The average Bonchev–Trinajstić information content (AvgIpc) is 2.39. The van der Waals surface area contributed by atoms with Gasteiger partial charge >= 0.3 is 6.09 Å². The molecular formula is C10H14N4O4. The second-order valence-corrected chi connectivity index (χ2v) is 3.01. The number of hydroxylamine groups is 1. The lowest BCUT2D eigenvalue weighted by molar-refractivity contribution is 0.114. The van der Waals surface area contributed by atoms with Crippen LogP contribution in [-0.2, 0) is 9.57 Å². The van der Waals surface area contributed by atoms with Gasteiger partial charge in [0.2, 0.25) is 0 Å². The first-order chi connectivity index (χ1) is 8.65. The number of oxime groups is 1. The minimum atomic E-state index is -0.722. The molecular weight excluding hydrogens is 240 g/mol. The van der Waals surface area contributed by atoms with Crippen LogP contribution in [0.2, 0.25) is 0 Å². The Balaban J connectivity index is 3.22. The van der Waals surface area contributed by atoms with Crippen molar-refractivity contribution in [1.29, 1.82) is 0 Å². The number of aromatic nitrogens is 2. The van der Waals surface area contributed by atoms with Crippen molar-refractivity contribution >= 4 is 18.0 Å². The van der Waals surface area contributed by atoms with Crippen molar-refractivity contribution < 1.29 is 19.2 Å². The van der Waals surface area contributed by atoms with Crippen LogP contribution < -0.4 is 9.90 Å². The van der Waals surface area contributed by atoms with E-state index in [0.717, 1.165) is 5.06 Å². The van der Waals surface area contributed by atoms with Crippen LogP contribution in [-0.4, -0.2) is 36.5 Å². The molecule has 1 amide bonds. The molecule has 0 N–H and O–H groups in total. The molecule has 1 rings (SSSR count). The molecule has 0 unspecified atom stereocenters. The number of nitrogens with zero attached hydrogens (tertiary/aromatic N) is 4. The molecule has 18 heavy (non-hydrogen) atoms. The van der Waals surface area contributed by atoms with Gasteiger partial charge in [-0.2, -0.15) is 4.98 Å².